The van der Waals surface area contributed by atoms with Crippen molar-refractivity contribution in [3.63, 3.8) is 0 Å². The molecule has 3 aromatic heterocycles. The first-order valence-corrected chi connectivity index (χ1v) is 17.5. The molecular formula is C48H31N3O. The zero-order valence-corrected chi connectivity index (χ0v) is 28.1. The lowest BCUT2D eigenvalue weighted by Gasteiger charge is -2.27. The highest BCUT2D eigenvalue weighted by Crippen LogP contribution is 2.45. The van der Waals surface area contributed by atoms with Crippen molar-refractivity contribution in [3.05, 3.63) is 188 Å². The largest absolute Gasteiger partial charge is 0.456 e. The van der Waals surface area contributed by atoms with Gasteiger partial charge in [-0.05, 0) is 76.9 Å². The van der Waals surface area contributed by atoms with E-state index < -0.39 is 0 Å². The number of rotatable bonds is 6. The van der Waals surface area contributed by atoms with Crippen molar-refractivity contribution in [2.24, 2.45) is 0 Å². The van der Waals surface area contributed by atoms with Crippen LogP contribution < -0.4 is 4.90 Å². The zero-order valence-electron chi connectivity index (χ0n) is 28.1. The summed E-state index contributed by atoms with van der Waals surface area (Å²) in [6.45, 7) is 0. The molecule has 0 radical (unpaired) electrons. The Bertz CT molecular complexity index is 2800. The second-order valence-electron chi connectivity index (χ2n) is 13.0. The number of hydrogen-bond acceptors (Lipinski definition) is 4. The minimum Gasteiger partial charge on any atom is -0.456 e. The van der Waals surface area contributed by atoms with E-state index in [2.05, 4.69) is 169 Å². The van der Waals surface area contributed by atoms with Gasteiger partial charge in [-0.1, -0.05) is 127 Å². The minimum absolute atomic E-state index is 0.804. The third-order valence-electron chi connectivity index (χ3n) is 9.89. The van der Waals surface area contributed by atoms with Crippen molar-refractivity contribution >= 4 is 60.8 Å². The van der Waals surface area contributed by atoms with Crippen LogP contribution in [-0.2, 0) is 0 Å². The van der Waals surface area contributed by atoms with Crippen LogP contribution >= 0.6 is 0 Å². The first kappa shape index (κ1) is 29.8. The van der Waals surface area contributed by atoms with Crippen molar-refractivity contribution < 1.29 is 4.42 Å². The number of pyridine rings is 2. The molecule has 4 heteroatoms. The zero-order chi connectivity index (χ0) is 34.4. The summed E-state index contributed by atoms with van der Waals surface area (Å²) >= 11 is 0. The van der Waals surface area contributed by atoms with E-state index in [1.54, 1.807) is 0 Å². The lowest BCUT2D eigenvalue weighted by molar-refractivity contribution is 0.669. The van der Waals surface area contributed by atoms with Crippen LogP contribution in [0.2, 0.25) is 0 Å². The molecule has 10 rings (SSSR count). The highest BCUT2D eigenvalue weighted by molar-refractivity contribution is 6.15. The Labute approximate surface area is 300 Å². The maximum absolute atomic E-state index is 6.62. The summed E-state index contributed by atoms with van der Waals surface area (Å²) in [5, 5.41) is 4.23. The van der Waals surface area contributed by atoms with Gasteiger partial charge in [-0.3, -0.25) is 4.98 Å². The summed E-state index contributed by atoms with van der Waals surface area (Å²) in [6, 6.07) is 63.8. The predicted molar refractivity (Wildman–Crippen MR) is 215 cm³/mol. The number of fused-ring (bicyclic) bond motifs is 6. The summed E-state index contributed by atoms with van der Waals surface area (Å²) < 4.78 is 6.62. The molecule has 0 saturated carbocycles. The average molecular weight is 666 g/mol. The van der Waals surface area contributed by atoms with Crippen molar-refractivity contribution in [3.8, 4) is 33.5 Å². The lowest BCUT2D eigenvalue weighted by atomic mass is 10.0. The van der Waals surface area contributed by atoms with Gasteiger partial charge in [0.15, 0.2) is 0 Å². The minimum atomic E-state index is 0.804. The molecule has 3 heterocycles. The lowest BCUT2D eigenvalue weighted by Crippen LogP contribution is -2.10. The number of para-hydroxylation sites is 1. The monoisotopic (exact) mass is 665 g/mol. The molecule has 0 aliphatic heterocycles. The average Bonchev–Trinajstić information content (AvgIpc) is 3.61. The summed E-state index contributed by atoms with van der Waals surface area (Å²) in [7, 11) is 0. The van der Waals surface area contributed by atoms with E-state index in [4.69, 9.17) is 14.4 Å². The molecule has 0 unspecified atom stereocenters. The standard InChI is InChI=1S/C48H31N3O/c1-3-10-32(11-4-1)34-19-24-39(25-20-34)51(40-26-21-35(22-27-40)33-12-5-2-6-13-33)43-30-38(31-45-46(43)41-15-7-8-16-44(41)52-45)42-28-23-37-18-17-36-14-9-29-49-47(36)48(37)50-42/h1-31H. The molecule has 0 amide bonds. The van der Waals surface area contributed by atoms with Gasteiger partial charge in [0.05, 0.1) is 27.8 Å². The van der Waals surface area contributed by atoms with Crippen LogP contribution in [0.3, 0.4) is 0 Å². The number of hydrogen-bond donors (Lipinski definition) is 0. The Balaban J connectivity index is 1.21. The third-order valence-corrected chi connectivity index (χ3v) is 9.89. The summed E-state index contributed by atoms with van der Waals surface area (Å²) in [5.74, 6) is 0. The van der Waals surface area contributed by atoms with Gasteiger partial charge in [-0.2, -0.15) is 0 Å². The van der Waals surface area contributed by atoms with Gasteiger partial charge < -0.3 is 9.32 Å². The van der Waals surface area contributed by atoms with E-state index in [9.17, 15) is 0 Å². The van der Waals surface area contributed by atoms with E-state index in [-0.39, 0.29) is 0 Å². The van der Waals surface area contributed by atoms with E-state index in [0.717, 1.165) is 83.2 Å². The highest BCUT2D eigenvalue weighted by atomic mass is 16.3. The first-order chi connectivity index (χ1) is 25.8. The molecule has 0 spiro atoms. The van der Waals surface area contributed by atoms with Gasteiger partial charge >= 0.3 is 0 Å². The van der Waals surface area contributed by atoms with Crippen LogP contribution in [0.4, 0.5) is 17.1 Å². The van der Waals surface area contributed by atoms with Gasteiger partial charge in [0, 0.05) is 39.3 Å². The van der Waals surface area contributed by atoms with Crippen molar-refractivity contribution in [2.45, 2.75) is 0 Å². The van der Waals surface area contributed by atoms with E-state index in [0.29, 0.717) is 0 Å². The normalized spacial score (nSPS) is 11.5. The molecule has 0 N–H and O–H groups in total. The number of nitrogens with zero attached hydrogens (tertiary/aromatic N) is 3. The number of anilines is 3. The van der Waals surface area contributed by atoms with E-state index in [1.165, 1.54) is 11.1 Å². The molecule has 0 bridgehead atoms. The molecule has 244 valence electrons. The van der Waals surface area contributed by atoms with E-state index in [1.807, 2.05) is 24.4 Å². The Morgan fingerprint density at radius 2 is 1.00 bits per heavy atom. The van der Waals surface area contributed by atoms with Gasteiger partial charge in [0.1, 0.15) is 11.2 Å². The molecular weight excluding hydrogens is 635 g/mol. The molecule has 7 aromatic carbocycles. The number of aromatic nitrogens is 2. The second-order valence-corrected chi connectivity index (χ2v) is 13.0. The first-order valence-electron chi connectivity index (χ1n) is 17.5. The van der Waals surface area contributed by atoms with Crippen LogP contribution in [0.25, 0.3) is 77.3 Å². The fourth-order valence-corrected chi connectivity index (χ4v) is 7.34. The Morgan fingerprint density at radius 3 is 1.67 bits per heavy atom. The Kier molecular flexibility index (Phi) is 7.10. The molecule has 10 aromatic rings. The molecule has 0 fully saturated rings. The van der Waals surface area contributed by atoms with Gasteiger partial charge in [0.2, 0.25) is 0 Å². The third kappa shape index (κ3) is 5.17. The Morgan fingerprint density at radius 1 is 0.423 bits per heavy atom. The smallest absolute Gasteiger partial charge is 0.138 e. The quantitative estimate of drug-likeness (QED) is 0.166. The SMILES string of the molecule is c1ccc(-c2ccc(N(c3ccc(-c4ccccc4)cc3)c3cc(-c4ccc5ccc6cccnc6c5n4)cc4oc5ccccc5c34)cc2)cc1. The highest BCUT2D eigenvalue weighted by Gasteiger charge is 2.22. The van der Waals surface area contributed by atoms with Crippen molar-refractivity contribution in [1.29, 1.82) is 0 Å². The van der Waals surface area contributed by atoms with Crippen LogP contribution in [-0.4, -0.2) is 9.97 Å². The van der Waals surface area contributed by atoms with E-state index >= 15 is 0 Å². The fraction of sp³-hybridized carbons (Fsp3) is 0. The summed E-state index contributed by atoms with van der Waals surface area (Å²) in [4.78, 5) is 12.3. The van der Waals surface area contributed by atoms with Gasteiger partial charge in [-0.25, -0.2) is 4.98 Å². The fourth-order valence-electron chi connectivity index (χ4n) is 7.34. The van der Waals surface area contributed by atoms with Crippen molar-refractivity contribution in [2.75, 3.05) is 4.90 Å². The summed E-state index contributed by atoms with van der Waals surface area (Å²) in [6.07, 6.45) is 1.83. The number of furan rings is 1. The summed E-state index contributed by atoms with van der Waals surface area (Å²) in [5.41, 5.74) is 13.0. The molecule has 0 aliphatic rings. The molecule has 52 heavy (non-hydrogen) atoms. The second kappa shape index (κ2) is 12.4. The van der Waals surface area contributed by atoms with Crippen LogP contribution in [0, 0.1) is 0 Å². The van der Waals surface area contributed by atoms with Gasteiger partial charge in [0.25, 0.3) is 0 Å². The molecule has 0 atom stereocenters. The van der Waals surface area contributed by atoms with Crippen LogP contribution in [0.15, 0.2) is 193 Å². The topological polar surface area (TPSA) is 42.2 Å². The van der Waals surface area contributed by atoms with Gasteiger partial charge in [-0.15, -0.1) is 0 Å². The molecule has 4 nitrogen and oxygen atoms in total. The Hall–Kier alpha value is -7.04. The van der Waals surface area contributed by atoms with Crippen LogP contribution in [0.5, 0.6) is 0 Å². The maximum atomic E-state index is 6.62. The molecule has 0 aliphatic carbocycles. The predicted octanol–water partition coefficient (Wildman–Crippen LogP) is 13.2. The van der Waals surface area contributed by atoms with Crippen LogP contribution in [0.1, 0.15) is 0 Å². The number of benzene rings is 7. The molecule has 0 saturated heterocycles. The van der Waals surface area contributed by atoms with Crippen molar-refractivity contribution in [1.82, 2.24) is 9.97 Å². The maximum Gasteiger partial charge on any atom is 0.138 e.